The first-order valence-electron chi connectivity index (χ1n) is 10.6. The van der Waals surface area contributed by atoms with Gasteiger partial charge in [0.25, 0.3) is 0 Å². The van der Waals surface area contributed by atoms with E-state index in [4.69, 9.17) is 0 Å². The van der Waals surface area contributed by atoms with Crippen LogP contribution in [-0.4, -0.2) is 11.4 Å². The highest BCUT2D eigenvalue weighted by atomic mass is 127. The average molecular weight is 499 g/mol. The molecule has 0 amide bonds. The summed E-state index contributed by atoms with van der Waals surface area (Å²) >= 11 is 2.49. The van der Waals surface area contributed by atoms with Crippen molar-refractivity contribution in [1.82, 2.24) is 4.90 Å². The molecule has 1 aliphatic heterocycles. The van der Waals surface area contributed by atoms with Gasteiger partial charge in [-0.1, -0.05) is 91.0 Å². The summed E-state index contributed by atoms with van der Waals surface area (Å²) < 4.78 is 1.44. The first-order valence-corrected chi connectivity index (χ1v) is 11.6. The maximum absolute atomic E-state index is 2.63. The minimum absolute atomic E-state index is 0.511. The maximum atomic E-state index is 2.63. The summed E-state index contributed by atoms with van der Waals surface area (Å²) in [5.41, 5.74) is 5.72. The maximum Gasteiger partial charge on any atom is 0.0244 e. The van der Waals surface area contributed by atoms with Crippen LogP contribution in [0.1, 0.15) is 11.1 Å². The number of allylic oxidation sites excluding steroid dienone is 2. The third-order valence-electron chi connectivity index (χ3n) is 6.48. The zero-order valence-corrected chi connectivity index (χ0v) is 18.8. The van der Waals surface area contributed by atoms with Gasteiger partial charge < -0.3 is 0 Å². The van der Waals surface area contributed by atoms with Crippen LogP contribution in [0.4, 0.5) is 0 Å². The summed E-state index contributed by atoms with van der Waals surface area (Å²) in [6.07, 6.45) is 6.79. The zero-order chi connectivity index (χ0) is 20.1. The van der Waals surface area contributed by atoms with E-state index in [-0.39, 0.29) is 0 Å². The van der Waals surface area contributed by atoms with Crippen molar-refractivity contribution in [3.05, 3.63) is 106 Å². The van der Waals surface area contributed by atoms with Crippen molar-refractivity contribution in [2.24, 2.45) is 5.92 Å². The van der Waals surface area contributed by atoms with E-state index >= 15 is 0 Å². The van der Waals surface area contributed by atoms with Crippen LogP contribution in [0.15, 0.2) is 94.6 Å². The number of rotatable bonds is 2. The second-order valence-corrected chi connectivity index (χ2v) is 9.60. The van der Waals surface area contributed by atoms with Crippen molar-refractivity contribution in [1.29, 1.82) is 0 Å². The molecular formula is C28H22IN. The van der Waals surface area contributed by atoms with Gasteiger partial charge in [0.05, 0.1) is 0 Å². The van der Waals surface area contributed by atoms with Crippen molar-refractivity contribution in [3.8, 4) is 11.1 Å². The smallest absolute Gasteiger partial charge is 0.0244 e. The van der Waals surface area contributed by atoms with Crippen LogP contribution >= 0.6 is 22.6 Å². The van der Waals surface area contributed by atoms with Crippen LogP contribution in [0, 0.1) is 5.92 Å². The molecule has 1 atom stereocenters. The van der Waals surface area contributed by atoms with E-state index in [1.807, 2.05) is 0 Å². The van der Waals surface area contributed by atoms with E-state index in [1.165, 1.54) is 47.4 Å². The number of fused-ring (bicyclic) bond motifs is 7. The van der Waals surface area contributed by atoms with Gasteiger partial charge in [-0.15, -0.1) is 0 Å². The second kappa shape index (κ2) is 7.36. The van der Waals surface area contributed by atoms with E-state index in [1.54, 1.807) is 0 Å². The predicted molar refractivity (Wildman–Crippen MR) is 136 cm³/mol. The lowest BCUT2D eigenvalue weighted by atomic mass is 9.88. The summed E-state index contributed by atoms with van der Waals surface area (Å²) in [6, 6.07) is 27.0. The molecule has 0 radical (unpaired) electrons. The largest absolute Gasteiger partial charge is 0.294 e. The topological polar surface area (TPSA) is 3.24 Å². The van der Waals surface area contributed by atoms with Gasteiger partial charge >= 0.3 is 0 Å². The normalized spacial score (nSPS) is 18.3. The Kier molecular flexibility index (Phi) is 4.50. The molecule has 0 bridgehead atoms. The third-order valence-corrected chi connectivity index (χ3v) is 7.64. The number of nitrogens with zero attached hydrogens (tertiary/aromatic N) is 1. The molecular weight excluding hydrogens is 477 g/mol. The number of hydrogen-bond donors (Lipinski definition) is 0. The standard InChI is InChI=1S/C28H22IN/c29-26-11-5-8-21(26)16-30-17-22-14-12-19-6-1-3-9-24(19)27(22)28-23(18-30)15-13-20-7-2-4-10-25(20)28/h1-15,21H,16-18H2. The molecule has 2 aliphatic rings. The monoisotopic (exact) mass is 499 g/mol. The van der Waals surface area contributed by atoms with E-state index in [0.717, 1.165) is 19.6 Å². The molecule has 0 fully saturated rings. The zero-order valence-electron chi connectivity index (χ0n) is 16.7. The molecule has 0 saturated carbocycles. The molecule has 1 aliphatic carbocycles. The van der Waals surface area contributed by atoms with Crippen molar-refractivity contribution in [2.75, 3.05) is 6.54 Å². The molecule has 146 valence electrons. The van der Waals surface area contributed by atoms with Crippen molar-refractivity contribution < 1.29 is 0 Å². The molecule has 0 N–H and O–H groups in total. The summed E-state index contributed by atoms with van der Waals surface area (Å²) in [5.74, 6) is 0.511. The van der Waals surface area contributed by atoms with E-state index in [9.17, 15) is 0 Å². The average Bonchev–Trinajstić information content (AvgIpc) is 3.09. The fraction of sp³-hybridized carbons (Fsp3) is 0.143. The molecule has 1 unspecified atom stereocenters. The fourth-order valence-corrected chi connectivity index (χ4v) is 5.69. The van der Waals surface area contributed by atoms with Crippen LogP contribution in [0.25, 0.3) is 32.7 Å². The molecule has 6 rings (SSSR count). The summed E-state index contributed by atoms with van der Waals surface area (Å²) in [6.45, 7) is 3.03. The molecule has 4 aromatic rings. The van der Waals surface area contributed by atoms with Crippen LogP contribution in [0.3, 0.4) is 0 Å². The highest BCUT2D eigenvalue weighted by molar-refractivity contribution is 14.1. The van der Waals surface area contributed by atoms with Gasteiger partial charge in [0, 0.05) is 25.6 Å². The lowest BCUT2D eigenvalue weighted by Gasteiger charge is -2.24. The lowest BCUT2D eigenvalue weighted by Crippen LogP contribution is -2.27. The first kappa shape index (κ1) is 18.3. The Balaban J connectivity index is 1.60. The molecule has 2 heteroatoms. The van der Waals surface area contributed by atoms with Gasteiger partial charge in [0.15, 0.2) is 0 Å². The van der Waals surface area contributed by atoms with Gasteiger partial charge in [0.2, 0.25) is 0 Å². The Morgan fingerprint density at radius 2 is 1.30 bits per heavy atom. The van der Waals surface area contributed by atoms with Gasteiger partial charge in [-0.3, -0.25) is 4.90 Å². The van der Waals surface area contributed by atoms with Crippen molar-refractivity contribution in [2.45, 2.75) is 13.1 Å². The second-order valence-electron chi connectivity index (χ2n) is 8.35. The number of halogens is 1. The quantitative estimate of drug-likeness (QED) is 0.259. The molecule has 4 aromatic carbocycles. The molecule has 0 aromatic heterocycles. The minimum Gasteiger partial charge on any atom is -0.294 e. The summed E-state index contributed by atoms with van der Waals surface area (Å²) in [4.78, 5) is 2.63. The summed E-state index contributed by atoms with van der Waals surface area (Å²) in [7, 11) is 0. The summed E-state index contributed by atoms with van der Waals surface area (Å²) in [5, 5.41) is 5.37. The SMILES string of the molecule is IC1=CC=CC1CN1Cc2ccc3ccccc3c2-c2c(ccc3ccccc23)C1. The van der Waals surface area contributed by atoms with E-state index in [2.05, 4.69) is 119 Å². The van der Waals surface area contributed by atoms with Crippen LogP contribution in [0.2, 0.25) is 0 Å². The molecule has 30 heavy (non-hydrogen) atoms. The predicted octanol–water partition coefficient (Wildman–Crippen LogP) is 7.48. The van der Waals surface area contributed by atoms with Gasteiger partial charge in [0.1, 0.15) is 0 Å². The van der Waals surface area contributed by atoms with E-state index < -0.39 is 0 Å². The first-order chi connectivity index (χ1) is 14.8. The Labute approximate surface area is 190 Å². The molecule has 1 nitrogen and oxygen atoms in total. The Bertz CT molecular complexity index is 1260. The third kappa shape index (κ3) is 3.01. The molecule has 1 heterocycles. The van der Waals surface area contributed by atoms with Crippen LogP contribution < -0.4 is 0 Å². The van der Waals surface area contributed by atoms with E-state index in [0.29, 0.717) is 5.92 Å². The van der Waals surface area contributed by atoms with Gasteiger partial charge in [-0.25, -0.2) is 0 Å². The Morgan fingerprint density at radius 3 is 1.83 bits per heavy atom. The van der Waals surface area contributed by atoms with Crippen molar-refractivity contribution in [3.63, 3.8) is 0 Å². The highest BCUT2D eigenvalue weighted by Crippen LogP contribution is 2.42. The fourth-order valence-electron chi connectivity index (χ4n) is 5.08. The van der Waals surface area contributed by atoms with Crippen molar-refractivity contribution >= 4 is 44.1 Å². The van der Waals surface area contributed by atoms with Gasteiger partial charge in [-0.05, 0) is 70.0 Å². The lowest BCUT2D eigenvalue weighted by molar-refractivity contribution is 0.247. The Morgan fingerprint density at radius 1 is 0.733 bits per heavy atom. The number of hydrogen-bond acceptors (Lipinski definition) is 1. The van der Waals surface area contributed by atoms with Gasteiger partial charge in [-0.2, -0.15) is 0 Å². The van der Waals surface area contributed by atoms with Crippen LogP contribution in [0.5, 0.6) is 0 Å². The molecule has 0 spiro atoms. The molecule has 0 saturated heterocycles. The van der Waals surface area contributed by atoms with Crippen LogP contribution in [-0.2, 0) is 13.1 Å². The minimum atomic E-state index is 0.511. The number of benzene rings is 4. The Hall–Kier alpha value is -2.43. The highest BCUT2D eigenvalue weighted by Gasteiger charge is 2.25.